The molecular weight excluding hydrogens is 1060 g/mol. The molecule has 1 spiro atoms. The van der Waals surface area contributed by atoms with E-state index in [1.54, 1.807) is 14.0 Å². The van der Waals surface area contributed by atoms with Gasteiger partial charge in [-0.15, -0.1) is 0 Å². The maximum absolute atomic E-state index is 15.5. The molecule has 2 aromatic carbocycles. The Hall–Kier alpha value is -5.45. The molecular formula is C63H90N6O14. The summed E-state index contributed by atoms with van der Waals surface area (Å²) in [7, 11) is 6.30. The monoisotopic (exact) mass is 1150 g/mol. The van der Waals surface area contributed by atoms with E-state index in [0.717, 1.165) is 33.4 Å². The Morgan fingerprint density at radius 2 is 1.70 bits per heavy atom. The Morgan fingerprint density at radius 1 is 0.916 bits per heavy atom. The number of carbonyl (C=O) groups is 5. The van der Waals surface area contributed by atoms with E-state index in [2.05, 4.69) is 37.6 Å². The second-order valence-corrected chi connectivity index (χ2v) is 24.5. The van der Waals surface area contributed by atoms with Gasteiger partial charge >= 0.3 is 11.9 Å². The Bertz CT molecular complexity index is 2890. The molecule has 1 aromatic heterocycles. The molecule has 20 nitrogen and oxygen atoms in total. The van der Waals surface area contributed by atoms with Gasteiger partial charge < -0.3 is 64.6 Å². The molecule has 3 fully saturated rings. The number of rotatable bonds is 25. The number of Topliss-reactive ketones (excluding diaryl/α,β-unsaturated/α-hetero) is 1. The van der Waals surface area contributed by atoms with Gasteiger partial charge in [-0.2, -0.15) is 0 Å². The van der Waals surface area contributed by atoms with Crippen LogP contribution in [0.2, 0.25) is 0 Å². The van der Waals surface area contributed by atoms with Crippen molar-refractivity contribution in [2.24, 2.45) is 11.3 Å². The zero-order chi connectivity index (χ0) is 59.6. The van der Waals surface area contributed by atoms with Crippen molar-refractivity contribution in [2.45, 2.75) is 176 Å². The summed E-state index contributed by atoms with van der Waals surface area (Å²) in [6.07, 6.45) is 6.63. The number of carbonyl (C=O) groups excluding carboxylic acids is 5. The third-order valence-electron chi connectivity index (χ3n) is 19.9. The highest BCUT2D eigenvalue weighted by molar-refractivity contribution is 5.95. The summed E-state index contributed by atoms with van der Waals surface area (Å²) in [6.45, 7) is 10.4. The lowest BCUT2D eigenvalue weighted by molar-refractivity contribution is -0.203. The lowest BCUT2D eigenvalue weighted by Crippen LogP contribution is -2.81. The summed E-state index contributed by atoms with van der Waals surface area (Å²) >= 11 is 0. The minimum absolute atomic E-state index is 0.0155. The number of nitrogens with one attached hydrogen (secondary N) is 3. The van der Waals surface area contributed by atoms with Gasteiger partial charge in [-0.05, 0) is 107 Å². The van der Waals surface area contributed by atoms with Crippen molar-refractivity contribution < 1.29 is 68.1 Å². The van der Waals surface area contributed by atoms with E-state index in [9.17, 15) is 34.8 Å². The third-order valence-corrected chi connectivity index (χ3v) is 19.9. The van der Waals surface area contributed by atoms with Crippen LogP contribution in [0.3, 0.4) is 0 Å². The predicted octanol–water partition coefficient (Wildman–Crippen LogP) is 4.47. The van der Waals surface area contributed by atoms with Crippen LogP contribution in [0.15, 0.2) is 48.6 Å². The topological polar surface area (TPSA) is 262 Å². The van der Waals surface area contributed by atoms with Crippen LogP contribution in [-0.4, -0.2) is 193 Å². The van der Waals surface area contributed by atoms with Crippen LogP contribution < -0.4 is 20.3 Å². The quantitative estimate of drug-likeness (QED) is 0.0267. The fourth-order valence-electron chi connectivity index (χ4n) is 15.9. The normalized spacial score (nSPS) is 30.8. The number of para-hydroxylation sites is 1. The number of H-pyrrole nitrogens is 1. The molecule has 2 saturated heterocycles. The highest BCUT2D eigenvalue weighted by atomic mass is 16.7. The van der Waals surface area contributed by atoms with E-state index >= 15 is 9.59 Å². The van der Waals surface area contributed by atoms with Crippen molar-refractivity contribution in [1.82, 2.24) is 25.4 Å². The second kappa shape index (κ2) is 25.2. The lowest BCUT2D eigenvalue weighted by Gasteiger charge is -2.63. The van der Waals surface area contributed by atoms with Crippen LogP contribution in [0.4, 0.5) is 5.69 Å². The first kappa shape index (κ1) is 62.1. The molecule has 83 heavy (non-hydrogen) atoms. The highest BCUT2D eigenvalue weighted by Crippen LogP contribution is 2.67. The third kappa shape index (κ3) is 11.0. The van der Waals surface area contributed by atoms with Crippen LogP contribution >= 0.6 is 0 Å². The fraction of sp³-hybridized carbons (Fsp3) is 0.667. The Balaban J connectivity index is 0.939. The molecule has 20 heteroatoms. The van der Waals surface area contributed by atoms with Gasteiger partial charge in [0.2, 0.25) is 5.91 Å². The number of aliphatic hydroxyl groups is 4. The largest absolute Gasteiger partial charge is 0.496 e. The smallest absolute Gasteiger partial charge is 0.322 e. The number of ketones is 1. The molecule has 5 aliphatic heterocycles. The van der Waals surface area contributed by atoms with Crippen molar-refractivity contribution in [3.63, 3.8) is 0 Å². The highest BCUT2D eigenvalue weighted by Gasteiger charge is 2.78. The van der Waals surface area contributed by atoms with Gasteiger partial charge in [-0.1, -0.05) is 57.5 Å². The lowest BCUT2D eigenvalue weighted by atomic mass is 9.47. The Morgan fingerprint density at radius 3 is 2.41 bits per heavy atom. The van der Waals surface area contributed by atoms with Crippen LogP contribution in [0.5, 0.6) is 5.75 Å². The Kier molecular flexibility index (Phi) is 18.9. The molecule has 13 atom stereocenters. The van der Waals surface area contributed by atoms with E-state index in [1.807, 2.05) is 69.1 Å². The number of piperidine rings is 1. The fourth-order valence-corrected chi connectivity index (χ4v) is 15.9. The standard InChI is InChI=1S/C63H90N6O14/c1-9-41(36-70)83-52(80-7)37-82-51(73)23-17-22-50(72)65-39(4)48(71)21-13-12-16-27-64-57(75)63(78)55-61(26-30-69-28-18-25-60(11-3,54(61)69)56(63)74)44-31-45(49(79-6)32-47(44)67(55)5)62(58(76)81-8)34-40-33-59(77,10-2)38-68(35-40)29-24-43-42-19-14-15-20-46(42)66-53(43)62/h14-15,18-20,25,31-32,39-41,52,54-56,66,70,74,77-78H,9-13,16-17,21-24,26-30,33-38H2,1-8H3,(H,64,75)(H,65,72)/t39-,40-,41?,52?,54?,55?,56-,59?,60-,61-,62+,63+/m1/s1. The Labute approximate surface area is 487 Å². The molecule has 456 valence electrons. The number of hydrogen-bond donors (Lipinski definition) is 7. The van der Waals surface area contributed by atoms with Crippen LogP contribution in [0, 0.1) is 11.3 Å². The van der Waals surface area contributed by atoms with Gasteiger partial charge in [0.25, 0.3) is 5.91 Å². The number of hydrogen-bond acceptors (Lipinski definition) is 17. The van der Waals surface area contributed by atoms with Gasteiger partial charge in [0.1, 0.15) is 23.9 Å². The molecule has 9 rings (SSSR count). The molecule has 0 radical (unpaired) electrons. The SMILES string of the molecule is CCC(CO)OC(COC(=O)CCCC(=O)N[C@H](C)C(=O)CCCCCNC(=O)[C@]1(O)C2N(C)c3cc(OC)c([C@@]4(C(=O)OC)C[C@@H]5C[N@](CCc6c4[nH]c4ccccc64)CC(O)(CC)C5)cc3[C@@]23CCN2CC=C[C@](CC)(C23)[C@H]1O)OC. The number of aliphatic hydroxyl groups excluding tert-OH is 2. The molecule has 6 aliphatic rings. The first-order valence-electron chi connectivity index (χ1n) is 30.3. The maximum Gasteiger partial charge on any atom is 0.322 e. The average Bonchev–Trinajstić information content (AvgIpc) is 1.56. The van der Waals surface area contributed by atoms with Gasteiger partial charge in [-0.25, -0.2) is 0 Å². The molecule has 2 bridgehead atoms. The van der Waals surface area contributed by atoms with Crippen LogP contribution in [0.25, 0.3) is 10.9 Å². The summed E-state index contributed by atoms with van der Waals surface area (Å²) < 4.78 is 28.4. The number of ether oxygens (including phenoxy) is 5. The van der Waals surface area contributed by atoms with E-state index < -0.39 is 75.9 Å². The second-order valence-electron chi connectivity index (χ2n) is 24.5. The number of likely N-dealkylation sites (N-methyl/N-ethyl adjacent to an activating group) is 1. The number of aromatic nitrogens is 1. The molecule has 6 heterocycles. The molecule has 5 unspecified atom stereocenters. The molecule has 7 N–H and O–H groups in total. The van der Waals surface area contributed by atoms with Crippen molar-refractivity contribution in [2.75, 3.05) is 85.8 Å². The van der Waals surface area contributed by atoms with Gasteiger partial charge in [0, 0.05) is 117 Å². The molecule has 3 aromatic rings. The summed E-state index contributed by atoms with van der Waals surface area (Å²) in [4.78, 5) is 79.4. The van der Waals surface area contributed by atoms with Crippen molar-refractivity contribution in [3.05, 3.63) is 70.9 Å². The molecule has 1 aliphatic carbocycles. The van der Waals surface area contributed by atoms with Gasteiger partial charge in [0.05, 0.1) is 44.6 Å². The van der Waals surface area contributed by atoms with E-state index in [4.69, 9.17) is 23.7 Å². The number of anilines is 1. The van der Waals surface area contributed by atoms with Gasteiger partial charge in [-0.3, -0.25) is 33.8 Å². The number of fused-ring (bicyclic) bond motifs is 6. The van der Waals surface area contributed by atoms with Crippen molar-refractivity contribution in [3.8, 4) is 5.75 Å². The maximum atomic E-state index is 15.5. The summed E-state index contributed by atoms with van der Waals surface area (Å²) in [5.74, 6) is -1.92. The van der Waals surface area contributed by atoms with Crippen LogP contribution in [-0.2, 0) is 60.2 Å². The minimum atomic E-state index is -2.35. The summed E-state index contributed by atoms with van der Waals surface area (Å²) in [6, 6.07) is 10.1. The van der Waals surface area contributed by atoms with E-state index in [-0.39, 0.29) is 69.1 Å². The zero-order valence-electron chi connectivity index (χ0n) is 49.9. The van der Waals surface area contributed by atoms with E-state index in [0.29, 0.717) is 108 Å². The first-order valence-corrected chi connectivity index (χ1v) is 30.3. The average molecular weight is 1160 g/mol. The molecule has 1 saturated carbocycles. The number of unbranched alkanes of at least 4 members (excludes halogenated alkanes) is 2. The number of nitrogens with zero attached hydrogens (tertiary/aromatic N) is 3. The first-order chi connectivity index (χ1) is 39.8. The number of methoxy groups -OCH3 is 3. The van der Waals surface area contributed by atoms with Crippen molar-refractivity contribution >= 4 is 46.1 Å². The van der Waals surface area contributed by atoms with Gasteiger partial charge in [0.15, 0.2) is 17.7 Å². The zero-order valence-corrected chi connectivity index (χ0v) is 49.9. The summed E-state index contributed by atoms with van der Waals surface area (Å²) in [5.41, 5.74) is -2.01. The van der Waals surface area contributed by atoms with Crippen molar-refractivity contribution in [1.29, 1.82) is 0 Å². The number of amides is 2. The predicted molar refractivity (Wildman–Crippen MR) is 311 cm³/mol. The summed E-state index contributed by atoms with van der Waals surface area (Å²) in [5, 5.41) is 54.9. The number of aromatic amines is 1. The number of benzene rings is 2. The molecule has 2 amide bonds. The minimum Gasteiger partial charge on any atom is -0.496 e. The number of esters is 2. The van der Waals surface area contributed by atoms with E-state index in [1.165, 1.54) is 14.2 Å². The van der Waals surface area contributed by atoms with Crippen LogP contribution in [0.1, 0.15) is 134 Å².